The van der Waals surface area contributed by atoms with E-state index in [-0.39, 0.29) is 6.04 Å². The Morgan fingerprint density at radius 1 is 1.58 bits per heavy atom. The lowest BCUT2D eigenvalue weighted by Crippen LogP contribution is -2.40. The van der Waals surface area contributed by atoms with E-state index in [0.717, 1.165) is 24.3 Å². The van der Waals surface area contributed by atoms with Crippen molar-refractivity contribution in [3.05, 3.63) is 0 Å². The van der Waals surface area contributed by atoms with E-state index in [1.807, 2.05) is 6.92 Å². The predicted molar refractivity (Wildman–Crippen MR) is 52.3 cm³/mol. The molecule has 0 aromatic carbocycles. The minimum atomic E-state index is -0.569. The Morgan fingerprint density at radius 3 is 2.67 bits per heavy atom. The topological polar surface area (TPSA) is 29.1 Å². The molecule has 1 atom stereocenters. The molecule has 1 unspecified atom stereocenters. The number of rotatable bonds is 2. The molecule has 1 fully saturated rings. The van der Waals surface area contributed by atoms with Crippen molar-refractivity contribution >= 4 is 10.8 Å². The van der Waals surface area contributed by atoms with Gasteiger partial charge in [0.25, 0.3) is 0 Å². The third kappa shape index (κ3) is 2.96. The van der Waals surface area contributed by atoms with Crippen molar-refractivity contribution in [2.75, 3.05) is 11.5 Å². The molecule has 1 aliphatic heterocycles. The monoisotopic (exact) mass is 185 g/mol. The summed E-state index contributed by atoms with van der Waals surface area (Å²) < 4.78 is 11.0. The lowest BCUT2D eigenvalue weighted by Gasteiger charge is -2.24. The average molecular weight is 185 g/mol. The molecule has 0 aromatic rings. The van der Waals surface area contributed by atoms with Crippen molar-refractivity contribution < 1.29 is 4.21 Å². The van der Waals surface area contributed by atoms with Crippen LogP contribution < -0.4 is 5.32 Å². The molecule has 1 N–H and O–H groups in total. The molecule has 0 saturated carbocycles. The summed E-state index contributed by atoms with van der Waals surface area (Å²) in [5.74, 6) is 4.29. The van der Waals surface area contributed by atoms with Gasteiger partial charge in [-0.1, -0.05) is 5.92 Å². The summed E-state index contributed by atoms with van der Waals surface area (Å²) in [4.78, 5) is 0. The molecule has 0 bridgehead atoms. The summed E-state index contributed by atoms with van der Waals surface area (Å²) in [6, 6.07) is 0.621. The van der Waals surface area contributed by atoms with Crippen molar-refractivity contribution in [1.82, 2.24) is 5.32 Å². The maximum absolute atomic E-state index is 11.0. The van der Waals surface area contributed by atoms with Gasteiger partial charge in [0.1, 0.15) is 0 Å². The highest BCUT2D eigenvalue weighted by Gasteiger charge is 2.18. The van der Waals surface area contributed by atoms with E-state index < -0.39 is 10.8 Å². The lowest BCUT2D eigenvalue weighted by molar-refractivity contribution is 0.459. The third-order valence-electron chi connectivity index (χ3n) is 2.12. The SMILES string of the molecule is C#CC(C)NC1CCS(=O)CC1. The van der Waals surface area contributed by atoms with Crippen LogP contribution in [0.2, 0.25) is 0 Å². The van der Waals surface area contributed by atoms with Crippen LogP contribution >= 0.6 is 0 Å². The Kier molecular flexibility index (Phi) is 3.77. The Labute approximate surface area is 76.6 Å². The van der Waals surface area contributed by atoms with Crippen molar-refractivity contribution in [3.8, 4) is 12.3 Å². The molecule has 1 saturated heterocycles. The van der Waals surface area contributed by atoms with Gasteiger partial charge in [-0.15, -0.1) is 6.42 Å². The molecular formula is C9H15NOS. The number of hydrogen-bond donors (Lipinski definition) is 1. The summed E-state index contributed by atoms with van der Waals surface area (Å²) in [6.07, 6.45) is 7.24. The Hall–Kier alpha value is -0.330. The summed E-state index contributed by atoms with van der Waals surface area (Å²) >= 11 is 0. The smallest absolute Gasteiger partial charge is 0.0660 e. The molecule has 2 nitrogen and oxygen atoms in total. The first-order chi connectivity index (χ1) is 5.72. The Bertz CT molecular complexity index is 199. The molecular weight excluding hydrogens is 170 g/mol. The van der Waals surface area contributed by atoms with E-state index >= 15 is 0 Å². The van der Waals surface area contributed by atoms with Crippen molar-refractivity contribution in [1.29, 1.82) is 0 Å². The second kappa shape index (κ2) is 4.64. The molecule has 68 valence electrons. The first-order valence-corrected chi connectivity index (χ1v) is 5.78. The zero-order chi connectivity index (χ0) is 8.97. The van der Waals surface area contributed by atoms with Crippen LogP contribution in [0.1, 0.15) is 19.8 Å². The van der Waals surface area contributed by atoms with Crippen LogP contribution in [0.15, 0.2) is 0 Å². The van der Waals surface area contributed by atoms with Gasteiger partial charge in [0.15, 0.2) is 0 Å². The van der Waals surface area contributed by atoms with E-state index in [1.165, 1.54) is 0 Å². The Morgan fingerprint density at radius 2 is 2.17 bits per heavy atom. The van der Waals surface area contributed by atoms with Crippen LogP contribution in [0.4, 0.5) is 0 Å². The minimum Gasteiger partial charge on any atom is -0.301 e. The number of nitrogens with one attached hydrogen (secondary N) is 1. The maximum atomic E-state index is 11.0. The molecule has 3 heteroatoms. The van der Waals surface area contributed by atoms with Crippen LogP contribution in [-0.4, -0.2) is 27.8 Å². The maximum Gasteiger partial charge on any atom is 0.0660 e. The molecule has 0 amide bonds. The van der Waals surface area contributed by atoms with Gasteiger partial charge in [-0.3, -0.25) is 4.21 Å². The first kappa shape index (κ1) is 9.76. The van der Waals surface area contributed by atoms with Gasteiger partial charge in [-0.2, -0.15) is 0 Å². The zero-order valence-electron chi connectivity index (χ0n) is 7.38. The van der Waals surface area contributed by atoms with E-state index in [0.29, 0.717) is 6.04 Å². The fourth-order valence-corrected chi connectivity index (χ4v) is 2.66. The van der Waals surface area contributed by atoms with Crippen LogP contribution in [0.5, 0.6) is 0 Å². The number of terminal acetylenes is 1. The lowest BCUT2D eigenvalue weighted by atomic mass is 10.1. The number of hydrogen-bond acceptors (Lipinski definition) is 2. The van der Waals surface area contributed by atoms with Gasteiger partial charge < -0.3 is 5.32 Å². The molecule has 0 radical (unpaired) electrons. The molecule has 0 aliphatic carbocycles. The third-order valence-corrected chi connectivity index (χ3v) is 3.51. The van der Waals surface area contributed by atoms with Crippen LogP contribution in [0.3, 0.4) is 0 Å². The quantitative estimate of drug-likeness (QED) is 0.635. The van der Waals surface area contributed by atoms with Crippen molar-refractivity contribution in [2.45, 2.75) is 31.8 Å². The van der Waals surface area contributed by atoms with Gasteiger partial charge in [-0.25, -0.2) is 0 Å². The second-order valence-corrected chi connectivity index (χ2v) is 4.87. The molecule has 1 aliphatic rings. The highest BCUT2D eigenvalue weighted by Crippen LogP contribution is 2.09. The molecule has 1 rings (SSSR count). The first-order valence-electron chi connectivity index (χ1n) is 4.29. The van der Waals surface area contributed by atoms with Gasteiger partial charge in [0, 0.05) is 28.3 Å². The van der Waals surface area contributed by atoms with Gasteiger partial charge >= 0.3 is 0 Å². The highest BCUT2D eigenvalue weighted by atomic mass is 32.2. The summed E-state index contributed by atoms with van der Waals surface area (Å²) in [5.41, 5.74) is 0. The predicted octanol–water partition coefficient (Wildman–Crippen LogP) is 0.509. The van der Waals surface area contributed by atoms with Gasteiger partial charge in [-0.05, 0) is 19.8 Å². The zero-order valence-corrected chi connectivity index (χ0v) is 8.19. The van der Waals surface area contributed by atoms with E-state index in [1.54, 1.807) is 0 Å². The molecule has 0 aromatic heterocycles. The normalized spacial score (nSPS) is 32.3. The van der Waals surface area contributed by atoms with Gasteiger partial charge in [0.05, 0.1) is 6.04 Å². The fraction of sp³-hybridized carbons (Fsp3) is 0.778. The Balaban J connectivity index is 2.27. The summed E-state index contributed by atoms with van der Waals surface area (Å²) in [5, 5.41) is 3.32. The second-order valence-electron chi connectivity index (χ2n) is 3.18. The van der Waals surface area contributed by atoms with E-state index in [2.05, 4.69) is 11.2 Å². The summed E-state index contributed by atoms with van der Waals surface area (Å²) in [6.45, 7) is 1.98. The molecule has 0 spiro atoms. The minimum absolute atomic E-state index is 0.140. The van der Waals surface area contributed by atoms with Crippen molar-refractivity contribution in [2.24, 2.45) is 0 Å². The van der Waals surface area contributed by atoms with E-state index in [9.17, 15) is 4.21 Å². The standard InChI is InChI=1S/C9H15NOS/c1-3-8(2)10-9-4-6-12(11)7-5-9/h1,8-10H,4-7H2,2H3. The average Bonchev–Trinajstić information content (AvgIpc) is 2.09. The van der Waals surface area contributed by atoms with Crippen LogP contribution in [0, 0.1) is 12.3 Å². The highest BCUT2D eigenvalue weighted by molar-refractivity contribution is 7.85. The van der Waals surface area contributed by atoms with Crippen LogP contribution in [0.25, 0.3) is 0 Å². The molecule has 1 heterocycles. The fourth-order valence-electron chi connectivity index (χ4n) is 1.36. The van der Waals surface area contributed by atoms with E-state index in [4.69, 9.17) is 6.42 Å². The molecule has 12 heavy (non-hydrogen) atoms. The van der Waals surface area contributed by atoms with Crippen molar-refractivity contribution in [3.63, 3.8) is 0 Å². The van der Waals surface area contributed by atoms with Gasteiger partial charge in [0.2, 0.25) is 0 Å². The largest absolute Gasteiger partial charge is 0.301 e. The van der Waals surface area contributed by atoms with Crippen LogP contribution in [-0.2, 0) is 10.8 Å². The summed E-state index contributed by atoms with van der Waals surface area (Å²) in [7, 11) is -0.569.